The molecule has 2 fully saturated rings. The van der Waals surface area contributed by atoms with Crippen LogP contribution >= 0.6 is 0 Å². The summed E-state index contributed by atoms with van der Waals surface area (Å²) in [6, 6.07) is 1.53. The third kappa shape index (κ3) is 6.20. The SMILES string of the molecule is CN[C@@H](C)C(=O)N[C@H](C(=O)N(C(=O)[C@@H]1CCCN1)c1cc2c(N3CCCCC3)ncnc2cc1OC)C(C)(C)C. The van der Waals surface area contributed by atoms with Crippen LogP contribution in [0.5, 0.6) is 5.75 Å². The van der Waals surface area contributed by atoms with E-state index in [9.17, 15) is 14.4 Å². The van der Waals surface area contributed by atoms with Gasteiger partial charge in [-0.05, 0) is 64.1 Å². The molecule has 4 rings (SSSR count). The molecule has 0 unspecified atom stereocenters. The molecule has 2 aliphatic heterocycles. The number of benzene rings is 1. The van der Waals surface area contributed by atoms with Gasteiger partial charge in [-0.25, -0.2) is 14.9 Å². The second-order valence-electron chi connectivity index (χ2n) is 11.8. The molecule has 2 aliphatic rings. The highest BCUT2D eigenvalue weighted by Gasteiger charge is 2.42. The van der Waals surface area contributed by atoms with Gasteiger partial charge in [0, 0.05) is 24.5 Å². The fourth-order valence-corrected chi connectivity index (χ4v) is 5.33. The molecule has 11 heteroatoms. The average molecular weight is 554 g/mol. The zero-order valence-electron chi connectivity index (χ0n) is 24.5. The predicted molar refractivity (Wildman–Crippen MR) is 156 cm³/mol. The number of aromatic nitrogens is 2. The molecule has 0 saturated carbocycles. The van der Waals surface area contributed by atoms with Gasteiger partial charge in [0.2, 0.25) is 5.91 Å². The lowest BCUT2D eigenvalue weighted by molar-refractivity contribution is -0.134. The van der Waals surface area contributed by atoms with E-state index in [1.165, 1.54) is 24.8 Å². The molecule has 3 N–H and O–H groups in total. The molecule has 2 saturated heterocycles. The van der Waals surface area contributed by atoms with E-state index in [-0.39, 0.29) is 11.8 Å². The number of piperidine rings is 1. The molecular weight excluding hydrogens is 510 g/mol. The Morgan fingerprint density at radius 2 is 1.85 bits per heavy atom. The van der Waals surface area contributed by atoms with Gasteiger partial charge in [-0.1, -0.05) is 20.8 Å². The van der Waals surface area contributed by atoms with Gasteiger partial charge in [-0.15, -0.1) is 0 Å². The first-order chi connectivity index (χ1) is 19.1. The van der Waals surface area contributed by atoms with Crippen LogP contribution in [0.1, 0.15) is 59.8 Å². The van der Waals surface area contributed by atoms with E-state index in [0.29, 0.717) is 29.9 Å². The van der Waals surface area contributed by atoms with E-state index in [4.69, 9.17) is 4.74 Å². The average Bonchev–Trinajstić information content (AvgIpc) is 3.49. The Morgan fingerprint density at radius 3 is 2.45 bits per heavy atom. The van der Waals surface area contributed by atoms with E-state index < -0.39 is 29.4 Å². The van der Waals surface area contributed by atoms with Gasteiger partial charge < -0.3 is 25.6 Å². The fourth-order valence-electron chi connectivity index (χ4n) is 5.33. The highest BCUT2D eigenvalue weighted by molar-refractivity contribution is 6.20. The number of rotatable bonds is 8. The number of ether oxygens (including phenoxy) is 1. The molecule has 1 aromatic heterocycles. The topological polar surface area (TPSA) is 129 Å². The first-order valence-corrected chi connectivity index (χ1v) is 14.2. The van der Waals surface area contributed by atoms with E-state index in [0.717, 1.165) is 43.6 Å². The van der Waals surface area contributed by atoms with Crippen LogP contribution in [0.2, 0.25) is 0 Å². The largest absolute Gasteiger partial charge is 0.494 e. The third-order valence-corrected chi connectivity index (χ3v) is 7.84. The van der Waals surface area contributed by atoms with Crippen molar-refractivity contribution in [2.24, 2.45) is 5.41 Å². The van der Waals surface area contributed by atoms with Crippen molar-refractivity contribution in [3.05, 3.63) is 18.5 Å². The van der Waals surface area contributed by atoms with Crippen LogP contribution in [0.3, 0.4) is 0 Å². The Hall–Kier alpha value is -3.31. The van der Waals surface area contributed by atoms with Crippen molar-refractivity contribution in [2.45, 2.75) is 77.9 Å². The summed E-state index contributed by atoms with van der Waals surface area (Å²) in [6.07, 6.45) is 6.31. The van der Waals surface area contributed by atoms with Crippen molar-refractivity contribution in [1.82, 2.24) is 25.9 Å². The van der Waals surface area contributed by atoms with Crippen LogP contribution in [-0.2, 0) is 14.4 Å². The summed E-state index contributed by atoms with van der Waals surface area (Å²) in [5.41, 5.74) is 0.295. The maximum Gasteiger partial charge on any atom is 0.257 e. The van der Waals surface area contributed by atoms with Gasteiger partial charge in [0.15, 0.2) is 0 Å². The molecule has 2 aromatic rings. The van der Waals surface area contributed by atoms with Crippen molar-refractivity contribution in [1.29, 1.82) is 0 Å². The maximum absolute atomic E-state index is 14.5. The summed E-state index contributed by atoms with van der Waals surface area (Å²) in [5.74, 6) is -0.0963. The number of hydrogen-bond acceptors (Lipinski definition) is 9. The maximum atomic E-state index is 14.5. The molecule has 3 amide bonds. The van der Waals surface area contributed by atoms with Gasteiger partial charge in [-0.3, -0.25) is 14.4 Å². The van der Waals surface area contributed by atoms with Crippen molar-refractivity contribution in [2.75, 3.05) is 43.6 Å². The fraction of sp³-hybridized carbons (Fsp3) is 0.621. The van der Waals surface area contributed by atoms with Crippen LogP contribution < -0.4 is 30.5 Å². The first-order valence-electron chi connectivity index (χ1n) is 14.2. The second kappa shape index (κ2) is 12.5. The number of amides is 3. The number of carbonyl (C=O) groups is 3. The molecule has 3 atom stereocenters. The van der Waals surface area contributed by atoms with E-state index >= 15 is 0 Å². The monoisotopic (exact) mass is 553 g/mol. The molecule has 0 radical (unpaired) electrons. The zero-order chi connectivity index (χ0) is 29.0. The highest BCUT2D eigenvalue weighted by Crippen LogP contribution is 2.38. The lowest BCUT2D eigenvalue weighted by Crippen LogP contribution is -2.60. The molecule has 0 bridgehead atoms. The lowest BCUT2D eigenvalue weighted by Gasteiger charge is -2.36. The minimum absolute atomic E-state index is 0.317. The number of likely N-dealkylation sites (N-methyl/N-ethyl adjacent to an activating group) is 1. The Labute approximate surface area is 236 Å². The summed E-state index contributed by atoms with van der Waals surface area (Å²) in [6.45, 7) is 9.78. The van der Waals surface area contributed by atoms with Crippen LogP contribution in [0, 0.1) is 5.41 Å². The number of hydrogen-bond donors (Lipinski definition) is 3. The first kappa shape index (κ1) is 29.7. The highest BCUT2D eigenvalue weighted by atomic mass is 16.5. The van der Waals surface area contributed by atoms with Crippen molar-refractivity contribution < 1.29 is 19.1 Å². The van der Waals surface area contributed by atoms with Crippen LogP contribution in [-0.4, -0.2) is 79.6 Å². The van der Waals surface area contributed by atoms with E-state index in [1.54, 1.807) is 26.1 Å². The number of nitrogens with one attached hydrogen (secondary N) is 3. The Bertz CT molecular complexity index is 1230. The lowest BCUT2D eigenvalue weighted by atomic mass is 9.85. The summed E-state index contributed by atoms with van der Waals surface area (Å²) in [5, 5.41) is 9.79. The van der Waals surface area contributed by atoms with Gasteiger partial charge in [-0.2, -0.15) is 0 Å². The van der Waals surface area contributed by atoms with E-state index in [2.05, 4.69) is 30.8 Å². The molecule has 0 spiro atoms. The van der Waals surface area contributed by atoms with Gasteiger partial charge in [0.05, 0.1) is 30.4 Å². The van der Waals surface area contributed by atoms with E-state index in [1.807, 2.05) is 20.8 Å². The molecule has 0 aliphatic carbocycles. The quantitative estimate of drug-likeness (QED) is 0.451. The number of anilines is 2. The Morgan fingerprint density at radius 1 is 1.12 bits per heavy atom. The Kier molecular flexibility index (Phi) is 9.25. The molecule has 11 nitrogen and oxygen atoms in total. The van der Waals surface area contributed by atoms with Gasteiger partial charge >= 0.3 is 0 Å². The summed E-state index contributed by atoms with van der Waals surface area (Å²) >= 11 is 0. The number of methoxy groups -OCH3 is 1. The number of nitrogens with zero attached hydrogens (tertiary/aromatic N) is 4. The van der Waals surface area contributed by atoms with Crippen LogP contribution in [0.25, 0.3) is 10.9 Å². The third-order valence-electron chi connectivity index (χ3n) is 7.84. The smallest absolute Gasteiger partial charge is 0.257 e. The summed E-state index contributed by atoms with van der Waals surface area (Å²) < 4.78 is 5.75. The Balaban J connectivity index is 1.87. The summed E-state index contributed by atoms with van der Waals surface area (Å²) in [7, 11) is 3.19. The normalized spacial score (nSPS) is 19.2. The van der Waals surface area contributed by atoms with Crippen molar-refractivity contribution in [3.8, 4) is 5.75 Å². The molecular formula is C29H43N7O4. The molecule has 40 heavy (non-hydrogen) atoms. The minimum atomic E-state index is -0.977. The van der Waals surface area contributed by atoms with Crippen molar-refractivity contribution in [3.63, 3.8) is 0 Å². The predicted octanol–water partition coefficient (Wildman–Crippen LogP) is 2.38. The van der Waals surface area contributed by atoms with Gasteiger partial charge in [0.1, 0.15) is 23.9 Å². The molecule has 3 heterocycles. The number of carbonyl (C=O) groups excluding carboxylic acids is 3. The van der Waals surface area contributed by atoms with Crippen LogP contribution in [0.15, 0.2) is 18.5 Å². The molecule has 218 valence electrons. The van der Waals surface area contributed by atoms with Crippen molar-refractivity contribution >= 4 is 40.1 Å². The second-order valence-corrected chi connectivity index (χ2v) is 11.8. The van der Waals surface area contributed by atoms with Crippen LogP contribution in [0.4, 0.5) is 11.5 Å². The van der Waals surface area contributed by atoms with Gasteiger partial charge in [0.25, 0.3) is 11.8 Å². The summed E-state index contributed by atoms with van der Waals surface area (Å²) in [4.78, 5) is 54.0. The zero-order valence-corrected chi connectivity index (χ0v) is 24.5. The standard InChI is InChI=1S/C29H43N7O4/c1-18(30-5)26(37)34-24(29(2,3)4)28(39)36(27(38)20-11-10-12-31-20)22-15-19-21(16-23(22)40-6)32-17-33-25(19)35-13-8-7-9-14-35/h15-18,20,24,30-31H,7-14H2,1-6H3,(H,34,37)/t18-,20-,24+/m0/s1. The minimum Gasteiger partial charge on any atom is -0.494 e. The number of imide groups is 1. The molecule has 1 aromatic carbocycles. The number of fused-ring (bicyclic) bond motifs is 1.